The van der Waals surface area contributed by atoms with Gasteiger partial charge in [-0.15, -0.1) is 0 Å². The van der Waals surface area contributed by atoms with Crippen LogP contribution in [0.3, 0.4) is 0 Å². The van der Waals surface area contributed by atoms with Gasteiger partial charge in [0.1, 0.15) is 0 Å². The molecular weight excluding hydrogens is 192 g/mol. The van der Waals surface area contributed by atoms with Crippen molar-refractivity contribution in [1.29, 1.82) is 0 Å². The Morgan fingerprint density at radius 3 is 2.50 bits per heavy atom. The Balaban J connectivity index is 3.11. The van der Waals surface area contributed by atoms with E-state index in [4.69, 9.17) is 5.11 Å². The maximum atomic E-state index is 12.1. The van der Waals surface area contributed by atoms with E-state index in [-0.39, 0.29) is 5.56 Å². The normalized spacial score (nSPS) is 10.9. The molecule has 0 aliphatic heterocycles. The van der Waals surface area contributed by atoms with E-state index in [9.17, 15) is 13.6 Å². The summed E-state index contributed by atoms with van der Waals surface area (Å²) in [5, 5.41) is 8.74. The Bertz CT molecular complexity index is 358. The Morgan fingerprint density at radius 1 is 1.57 bits per heavy atom. The summed E-state index contributed by atoms with van der Waals surface area (Å²) in [5.74, 6) is -1.08. The van der Waals surface area contributed by atoms with E-state index in [2.05, 4.69) is 0 Å². The maximum Gasteiger partial charge on any atom is 0.337 e. The number of aromatic nitrogens is 1. The van der Waals surface area contributed by atoms with Gasteiger partial charge in [0.25, 0.3) is 6.43 Å². The number of nitrogens with zero attached hydrogens (tertiary/aromatic N) is 1. The Morgan fingerprint density at radius 2 is 2.14 bits per heavy atom. The van der Waals surface area contributed by atoms with Crippen LogP contribution in [0.5, 0.6) is 0 Å². The van der Waals surface area contributed by atoms with Gasteiger partial charge in [0.2, 0.25) is 0 Å². The van der Waals surface area contributed by atoms with Crippen molar-refractivity contribution >= 4 is 5.97 Å². The molecule has 14 heavy (non-hydrogen) atoms. The van der Waals surface area contributed by atoms with Crippen molar-refractivity contribution in [2.75, 3.05) is 0 Å². The van der Waals surface area contributed by atoms with Gasteiger partial charge in [-0.05, 0) is 19.9 Å². The quantitative estimate of drug-likeness (QED) is 0.817. The molecule has 1 aromatic heterocycles. The fourth-order valence-electron chi connectivity index (χ4n) is 1.44. The van der Waals surface area contributed by atoms with Crippen LogP contribution < -0.4 is 0 Å². The van der Waals surface area contributed by atoms with Gasteiger partial charge in [-0.1, -0.05) is 0 Å². The van der Waals surface area contributed by atoms with Gasteiger partial charge in [0.15, 0.2) is 0 Å². The number of alkyl halides is 2. The zero-order valence-corrected chi connectivity index (χ0v) is 7.92. The van der Waals surface area contributed by atoms with Crippen LogP contribution in [0.2, 0.25) is 0 Å². The SMILES string of the molecule is Cc1cc(C(=O)O)c(C)n1CC(F)F. The second-order valence-corrected chi connectivity index (χ2v) is 3.09. The van der Waals surface area contributed by atoms with Crippen LogP contribution in [0, 0.1) is 13.8 Å². The van der Waals surface area contributed by atoms with Gasteiger partial charge in [-0.2, -0.15) is 0 Å². The van der Waals surface area contributed by atoms with Crippen molar-refractivity contribution in [3.05, 3.63) is 23.0 Å². The summed E-state index contributed by atoms with van der Waals surface area (Å²) < 4.78 is 25.6. The number of aromatic carboxylic acids is 1. The van der Waals surface area contributed by atoms with Gasteiger partial charge >= 0.3 is 5.97 Å². The van der Waals surface area contributed by atoms with Crippen LogP contribution in [0.1, 0.15) is 21.7 Å². The highest BCUT2D eigenvalue weighted by molar-refractivity contribution is 5.89. The van der Waals surface area contributed by atoms with Crippen LogP contribution >= 0.6 is 0 Å². The van der Waals surface area contributed by atoms with Crippen molar-refractivity contribution in [3.63, 3.8) is 0 Å². The highest BCUT2D eigenvalue weighted by atomic mass is 19.3. The zero-order valence-electron chi connectivity index (χ0n) is 7.92. The molecule has 5 heteroatoms. The summed E-state index contributed by atoms with van der Waals surface area (Å²) in [6.07, 6.45) is -2.47. The molecule has 0 aliphatic carbocycles. The summed E-state index contributed by atoms with van der Waals surface area (Å²) in [4.78, 5) is 10.7. The average Bonchev–Trinajstić information content (AvgIpc) is 2.31. The van der Waals surface area contributed by atoms with E-state index in [1.165, 1.54) is 17.6 Å². The summed E-state index contributed by atoms with van der Waals surface area (Å²) in [6, 6.07) is 1.40. The summed E-state index contributed by atoms with van der Waals surface area (Å²) in [6.45, 7) is 2.69. The van der Waals surface area contributed by atoms with Crippen molar-refractivity contribution in [2.45, 2.75) is 26.8 Å². The molecule has 0 aromatic carbocycles. The molecule has 0 amide bonds. The van der Waals surface area contributed by atoms with Gasteiger partial charge in [0.05, 0.1) is 12.1 Å². The van der Waals surface area contributed by atoms with Crippen molar-refractivity contribution < 1.29 is 18.7 Å². The van der Waals surface area contributed by atoms with Crippen molar-refractivity contribution in [3.8, 4) is 0 Å². The molecular formula is C9H11F2NO2. The number of hydrogen-bond donors (Lipinski definition) is 1. The predicted octanol–water partition coefficient (Wildman–Crippen LogP) is 2.07. The Kier molecular flexibility index (Phi) is 2.88. The molecule has 1 heterocycles. The second-order valence-electron chi connectivity index (χ2n) is 3.09. The molecule has 3 nitrogen and oxygen atoms in total. The van der Waals surface area contributed by atoms with E-state index >= 15 is 0 Å². The Labute approximate surface area is 80.0 Å². The molecule has 0 fully saturated rings. The number of aryl methyl sites for hydroxylation is 1. The van der Waals surface area contributed by atoms with E-state index in [0.717, 1.165) is 0 Å². The summed E-state index contributed by atoms with van der Waals surface area (Å²) in [7, 11) is 0. The minimum absolute atomic E-state index is 0.0863. The molecule has 1 aromatic rings. The van der Waals surface area contributed by atoms with Gasteiger partial charge in [-0.25, -0.2) is 13.6 Å². The monoisotopic (exact) mass is 203 g/mol. The van der Waals surface area contributed by atoms with E-state index in [1.54, 1.807) is 6.92 Å². The number of halogens is 2. The van der Waals surface area contributed by atoms with Crippen LogP contribution in [0.15, 0.2) is 6.07 Å². The third kappa shape index (κ3) is 1.92. The lowest BCUT2D eigenvalue weighted by molar-refractivity contribution is 0.0695. The lowest BCUT2D eigenvalue weighted by atomic mass is 10.2. The van der Waals surface area contributed by atoms with E-state index in [1.807, 2.05) is 0 Å². The van der Waals surface area contributed by atoms with Gasteiger partial charge in [-0.3, -0.25) is 0 Å². The second kappa shape index (κ2) is 3.77. The largest absolute Gasteiger partial charge is 0.478 e. The molecule has 0 saturated heterocycles. The number of carboxylic acids is 1. The smallest absolute Gasteiger partial charge is 0.337 e. The van der Waals surface area contributed by atoms with Crippen molar-refractivity contribution in [1.82, 2.24) is 4.57 Å². The van der Waals surface area contributed by atoms with Crippen LogP contribution in [0.4, 0.5) is 8.78 Å². The first-order chi connectivity index (χ1) is 6.43. The third-order valence-electron chi connectivity index (χ3n) is 2.12. The van der Waals surface area contributed by atoms with Crippen LogP contribution in [0.25, 0.3) is 0 Å². The van der Waals surface area contributed by atoms with Gasteiger partial charge < -0.3 is 9.67 Å². The number of hydrogen-bond acceptors (Lipinski definition) is 1. The average molecular weight is 203 g/mol. The number of rotatable bonds is 3. The molecule has 78 valence electrons. The minimum atomic E-state index is -2.47. The van der Waals surface area contributed by atoms with Crippen LogP contribution in [-0.4, -0.2) is 22.1 Å². The summed E-state index contributed by atoms with van der Waals surface area (Å²) >= 11 is 0. The van der Waals surface area contributed by atoms with Crippen molar-refractivity contribution in [2.24, 2.45) is 0 Å². The fourth-order valence-corrected chi connectivity index (χ4v) is 1.44. The molecule has 0 unspecified atom stereocenters. The molecule has 0 aliphatic rings. The standard InChI is InChI=1S/C9H11F2NO2/c1-5-3-7(9(13)14)6(2)12(5)4-8(10)11/h3,8H,4H2,1-2H3,(H,13,14). The number of carbonyl (C=O) groups is 1. The lowest BCUT2D eigenvalue weighted by Crippen LogP contribution is -2.10. The van der Waals surface area contributed by atoms with E-state index < -0.39 is 18.9 Å². The molecule has 1 N–H and O–H groups in total. The lowest BCUT2D eigenvalue weighted by Gasteiger charge is -2.07. The molecule has 0 bridgehead atoms. The molecule has 0 spiro atoms. The van der Waals surface area contributed by atoms with Crippen LogP contribution in [-0.2, 0) is 6.54 Å². The highest BCUT2D eigenvalue weighted by Crippen LogP contribution is 2.16. The molecule has 0 atom stereocenters. The number of carboxylic acid groups (broad SMARTS) is 1. The zero-order chi connectivity index (χ0) is 10.9. The Hall–Kier alpha value is -1.39. The molecule has 1 rings (SSSR count). The topological polar surface area (TPSA) is 42.2 Å². The highest BCUT2D eigenvalue weighted by Gasteiger charge is 2.16. The first-order valence-electron chi connectivity index (χ1n) is 4.11. The maximum absolute atomic E-state index is 12.1. The summed E-state index contributed by atoms with van der Waals surface area (Å²) in [5.41, 5.74) is 0.999. The minimum Gasteiger partial charge on any atom is -0.478 e. The fraction of sp³-hybridized carbons (Fsp3) is 0.444. The first kappa shape index (κ1) is 10.7. The third-order valence-corrected chi connectivity index (χ3v) is 2.12. The first-order valence-corrected chi connectivity index (χ1v) is 4.11. The van der Waals surface area contributed by atoms with Gasteiger partial charge in [0, 0.05) is 11.4 Å². The molecule has 0 saturated carbocycles. The van der Waals surface area contributed by atoms with E-state index in [0.29, 0.717) is 11.4 Å². The predicted molar refractivity (Wildman–Crippen MR) is 46.9 cm³/mol. The molecule has 0 radical (unpaired) electrons.